The van der Waals surface area contributed by atoms with Crippen LogP contribution >= 0.6 is 15.9 Å². The molecule has 1 saturated heterocycles. The first-order valence-corrected chi connectivity index (χ1v) is 6.93. The van der Waals surface area contributed by atoms with Crippen LogP contribution in [0.25, 0.3) is 0 Å². The van der Waals surface area contributed by atoms with Crippen LogP contribution in [0, 0.1) is 5.92 Å². The summed E-state index contributed by atoms with van der Waals surface area (Å²) in [7, 11) is 1.58. The topological polar surface area (TPSA) is 61.8 Å². The molecule has 1 unspecified atom stereocenters. The molecule has 1 aromatic carbocycles. The third kappa shape index (κ3) is 3.39. The number of anilines is 1. The number of ether oxygens (including phenoxy) is 1. The van der Waals surface area contributed by atoms with E-state index in [2.05, 4.69) is 21.2 Å². The first-order chi connectivity index (χ1) is 9.13. The molecule has 1 aromatic rings. The smallest absolute Gasteiger partial charge is 0.321 e. The van der Waals surface area contributed by atoms with Crippen LogP contribution in [0.3, 0.4) is 0 Å². The molecule has 2 N–H and O–H groups in total. The highest BCUT2D eigenvalue weighted by Crippen LogP contribution is 2.28. The van der Waals surface area contributed by atoms with Gasteiger partial charge in [0.05, 0.1) is 11.6 Å². The minimum atomic E-state index is -0.139. The summed E-state index contributed by atoms with van der Waals surface area (Å²) in [6.45, 7) is 1.43. The van der Waals surface area contributed by atoms with E-state index in [1.807, 2.05) is 12.1 Å². The lowest BCUT2D eigenvalue weighted by molar-refractivity contribution is 0.209. The van der Waals surface area contributed by atoms with Crippen LogP contribution in [0.5, 0.6) is 5.75 Å². The van der Waals surface area contributed by atoms with Crippen molar-refractivity contribution in [1.82, 2.24) is 4.90 Å². The maximum absolute atomic E-state index is 12.0. The van der Waals surface area contributed by atoms with Crippen LogP contribution < -0.4 is 10.1 Å². The molecule has 0 spiro atoms. The molecule has 0 radical (unpaired) electrons. The third-order valence-electron chi connectivity index (χ3n) is 3.23. The average Bonchev–Trinajstić information content (AvgIpc) is 2.90. The third-order valence-corrected chi connectivity index (χ3v) is 3.89. The van der Waals surface area contributed by atoms with Crippen molar-refractivity contribution in [3.8, 4) is 5.75 Å². The molecule has 1 atom stereocenters. The summed E-state index contributed by atoms with van der Waals surface area (Å²) in [4.78, 5) is 13.8. The summed E-state index contributed by atoms with van der Waals surface area (Å²) in [6, 6.07) is 5.26. The Morgan fingerprint density at radius 1 is 1.63 bits per heavy atom. The number of carbonyl (C=O) groups excluding carboxylic acids is 1. The second-order valence-corrected chi connectivity index (χ2v) is 5.42. The summed E-state index contributed by atoms with van der Waals surface area (Å²) in [5.74, 6) is 0.873. The zero-order valence-electron chi connectivity index (χ0n) is 10.7. The predicted octanol–water partition coefficient (Wildman–Crippen LogP) is 2.30. The van der Waals surface area contributed by atoms with Gasteiger partial charge in [-0.05, 0) is 34.5 Å². The van der Waals surface area contributed by atoms with E-state index in [0.29, 0.717) is 24.5 Å². The van der Waals surface area contributed by atoms with Gasteiger partial charge in [-0.25, -0.2) is 4.79 Å². The normalized spacial score (nSPS) is 18.5. The number of likely N-dealkylation sites (tertiary alicyclic amines) is 1. The number of rotatable bonds is 3. The van der Waals surface area contributed by atoms with Gasteiger partial charge in [0, 0.05) is 37.4 Å². The lowest BCUT2D eigenvalue weighted by atomic mass is 10.1. The first-order valence-electron chi connectivity index (χ1n) is 6.14. The molecule has 2 amide bonds. The number of halogens is 1. The molecule has 0 aromatic heterocycles. The van der Waals surface area contributed by atoms with Crippen LogP contribution in [-0.4, -0.2) is 42.8 Å². The van der Waals surface area contributed by atoms with Crippen LogP contribution in [0.4, 0.5) is 10.5 Å². The molecule has 104 valence electrons. The van der Waals surface area contributed by atoms with Crippen LogP contribution in [-0.2, 0) is 0 Å². The molecule has 0 aliphatic carbocycles. The van der Waals surface area contributed by atoms with E-state index in [1.54, 1.807) is 18.1 Å². The van der Waals surface area contributed by atoms with E-state index in [4.69, 9.17) is 9.84 Å². The molecule has 0 saturated carbocycles. The zero-order valence-corrected chi connectivity index (χ0v) is 12.3. The fourth-order valence-corrected chi connectivity index (χ4v) is 2.51. The van der Waals surface area contributed by atoms with Gasteiger partial charge in [0.15, 0.2) is 0 Å². The summed E-state index contributed by atoms with van der Waals surface area (Å²) in [5, 5.41) is 11.9. The van der Waals surface area contributed by atoms with Gasteiger partial charge in [-0.3, -0.25) is 0 Å². The average molecular weight is 329 g/mol. The molecular formula is C13H17BrN2O3. The number of urea groups is 1. The standard InChI is InChI=1S/C13H17BrN2O3/c1-19-12-6-10(2-3-11(12)14)15-13(18)16-5-4-9(7-16)8-17/h2-3,6,9,17H,4-5,7-8H2,1H3,(H,15,18). The highest BCUT2D eigenvalue weighted by Gasteiger charge is 2.25. The van der Waals surface area contributed by atoms with Crippen molar-refractivity contribution in [2.75, 3.05) is 32.1 Å². The fraction of sp³-hybridized carbons (Fsp3) is 0.462. The lowest BCUT2D eigenvalue weighted by Crippen LogP contribution is -2.33. The van der Waals surface area contributed by atoms with Gasteiger partial charge in [0.2, 0.25) is 0 Å². The number of amides is 2. The van der Waals surface area contributed by atoms with Crippen LogP contribution in [0.2, 0.25) is 0 Å². The molecule has 2 rings (SSSR count). The molecule has 1 heterocycles. The summed E-state index contributed by atoms with van der Waals surface area (Å²) in [6.07, 6.45) is 0.855. The van der Waals surface area contributed by atoms with E-state index >= 15 is 0 Å². The number of hydrogen-bond donors (Lipinski definition) is 2. The number of benzene rings is 1. The van der Waals surface area contributed by atoms with Crippen LogP contribution in [0.15, 0.2) is 22.7 Å². The van der Waals surface area contributed by atoms with Gasteiger partial charge < -0.3 is 20.1 Å². The van der Waals surface area contributed by atoms with E-state index in [0.717, 1.165) is 10.9 Å². The Morgan fingerprint density at radius 2 is 2.42 bits per heavy atom. The Kier molecular flexibility index (Phi) is 4.66. The Morgan fingerprint density at radius 3 is 3.05 bits per heavy atom. The molecule has 19 heavy (non-hydrogen) atoms. The van der Waals surface area contributed by atoms with Crippen molar-refractivity contribution in [1.29, 1.82) is 0 Å². The van der Waals surface area contributed by atoms with Crippen LogP contribution in [0.1, 0.15) is 6.42 Å². The van der Waals surface area contributed by atoms with E-state index in [9.17, 15) is 4.79 Å². The number of aliphatic hydroxyl groups is 1. The molecule has 1 aliphatic rings. The number of carbonyl (C=O) groups is 1. The molecule has 1 aliphatic heterocycles. The van der Waals surface area contributed by atoms with Gasteiger partial charge in [-0.15, -0.1) is 0 Å². The molecule has 0 bridgehead atoms. The minimum absolute atomic E-state index is 0.135. The largest absolute Gasteiger partial charge is 0.495 e. The van der Waals surface area contributed by atoms with Gasteiger partial charge in [0.1, 0.15) is 5.75 Å². The van der Waals surface area contributed by atoms with Gasteiger partial charge >= 0.3 is 6.03 Å². The van der Waals surface area contributed by atoms with Crippen molar-refractivity contribution < 1.29 is 14.6 Å². The van der Waals surface area contributed by atoms with Crippen molar-refractivity contribution in [3.05, 3.63) is 22.7 Å². The summed E-state index contributed by atoms with van der Waals surface area (Å²) < 4.78 is 6.02. The Bertz CT molecular complexity index is 467. The molecule has 6 heteroatoms. The number of hydrogen-bond acceptors (Lipinski definition) is 3. The molecule has 1 fully saturated rings. The van der Waals surface area contributed by atoms with Crippen molar-refractivity contribution in [3.63, 3.8) is 0 Å². The van der Waals surface area contributed by atoms with Gasteiger partial charge in [-0.1, -0.05) is 0 Å². The first kappa shape index (κ1) is 14.1. The fourth-order valence-electron chi connectivity index (χ4n) is 2.11. The predicted molar refractivity (Wildman–Crippen MR) is 76.5 cm³/mol. The lowest BCUT2D eigenvalue weighted by Gasteiger charge is -2.17. The quantitative estimate of drug-likeness (QED) is 0.895. The summed E-state index contributed by atoms with van der Waals surface area (Å²) in [5.41, 5.74) is 0.692. The van der Waals surface area contributed by atoms with Crippen molar-refractivity contribution >= 4 is 27.6 Å². The van der Waals surface area contributed by atoms with E-state index in [1.165, 1.54) is 0 Å². The number of aliphatic hydroxyl groups excluding tert-OH is 1. The SMILES string of the molecule is COc1cc(NC(=O)N2CCC(CO)C2)ccc1Br. The number of nitrogens with zero attached hydrogens (tertiary/aromatic N) is 1. The summed E-state index contributed by atoms with van der Waals surface area (Å²) >= 11 is 3.36. The van der Waals surface area contributed by atoms with E-state index < -0.39 is 0 Å². The minimum Gasteiger partial charge on any atom is -0.495 e. The molecular weight excluding hydrogens is 312 g/mol. The Labute approximate surface area is 120 Å². The molecule has 5 nitrogen and oxygen atoms in total. The van der Waals surface area contributed by atoms with Gasteiger partial charge in [0.25, 0.3) is 0 Å². The van der Waals surface area contributed by atoms with Gasteiger partial charge in [-0.2, -0.15) is 0 Å². The monoisotopic (exact) mass is 328 g/mol. The maximum Gasteiger partial charge on any atom is 0.321 e. The Balaban J connectivity index is 1.99. The maximum atomic E-state index is 12.0. The second-order valence-electron chi connectivity index (χ2n) is 4.56. The van der Waals surface area contributed by atoms with E-state index in [-0.39, 0.29) is 18.6 Å². The highest BCUT2D eigenvalue weighted by atomic mass is 79.9. The Hall–Kier alpha value is -1.27. The number of methoxy groups -OCH3 is 1. The second kappa shape index (κ2) is 6.25. The zero-order chi connectivity index (χ0) is 13.8. The number of nitrogens with one attached hydrogen (secondary N) is 1. The highest BCUT2D eigenvalue weighted by molar-refractivity contribution is 9.10. The van der Waals surface area contributed by atoms with Crippen molar-refractivity contribution in [2.24, 2.45) is 5.92 Å². The van der Waals surface area contributed by atoms with Crippen molar-refractivity contribution in [2.45, 2.75) is 6.42 Å².